The molecule has 5 heteroatoms. The number of halogens is 3. The number of aromatic hydroxyl groups is 1. The molecular weight excluding hydrogens is 279 g/mol. The molecule has 21 heavy (non-hydrogen) atoms. The van der Waals surface area contributed by atoms with Crippen LogP contribution in [0.2, 0.25) is 0 Å². The van der Waals surface area contributed by atoms with Gasteiger partial charge in [0.25, 0.3) is 0 Å². The van der Waals surface area contributed by atoms with Crippen LogP contribution in [-0.4, -0.2) is 11.1 Å². The number of phenolic OH excluding ortho intramolecular Hbond substituents is 1. The van der Waals surface area contributed by atoms with Crippen molar-refractivity contribution in [1.29, 1.82) is 0 Å². The Labute approximate surface area is 121 Å². The van der Waals surface area contributed by atoms with E-state index < -0.39 is 17.5 Å². The summed E-state index contributed by atoms with van der Waals surface area (Å²) in [5.74, 6) is -2.90. The molecule has 2 aromatic carbocycles. The lowest BCUT2D eigenvalue weighted by Crippen LogP contribution is -2.17. The predicted molar refractivity (Wildman–Crippen MR) is 75.8 cm³/mol. The molecule has 0 amide bonds. The molecule has 1 unspecified atom stereocenters. The van der Waals surface area contributed by atoms with Gasteiger partial charge in [-0.1, -0.05) is 12.1 Å². The third kappa shape index (κ3) is 4.15. The average Bonchev–Trinajstić information content (AvgIpc) is 2.43. The van der Waals surface area contributed by atoms with E-state index in [4.69, 9.17) is 0 Å². The minimum atomic E-state index is -1.21. The molecule has 1 atom stereocenters. The SMILES string of the molecule is CC(CCc1ccc(O)cc1)Nc1cc(F)cc(F)c1F. The third-order valence-corrected chi connectivity index (χ3v) is 3.20. The highest BCUT2D eigenvalue weighted by Gasteiger charge is 2.13. The highest BCUT2D eigenvalue weighted by molar-refractivity contribution is 5.46. The van der Waals surface area contributed by atoms with Gasteiger partial charge in [-0.25, -0.2) is 13.2 Å². The van der Waals surface area contributed by atoms with Crippen LogP contribution in [0.3, 0.4) is 0 Å². The number of hydrogen-bond donors (Lipinski definition) is 2. The van der Waals surface area contributed by atoms with Crippen LogP contribution in [0.1, 0.15) is 18.9 Å². The van der Waals surface area contributed by atoms with Crippen LogP contribution in [0.25, 0.3) is 0 Å². The van der Waals surface area contributed by atoms with Gasteiger partial charge in [-0.2, -0.15) is 0 Å². The van der Waals surface area contributed by atoms with Gasteiger partial charge in [-0.3, -0.25) is 0 Å². The zero-order valence-corrected chi connectivity index (χ0v) is 11.5. The summed E-state index contributed by atoms with van der Waals surface area (Å²) in [6.45, 7) is 1.81. The first-order valence-corrected chi connectivity index (χ1v) is 6.64. The molecule has 0 saturated carbocycles. The van der Waals surface area contributed by atoms with E-state index in [-0.39, 0.29) is 17.5 Å². The van der Waals surface area contributed by atoms with Crippen molar-refractivity contribution in [3.05, 3.63) is 59.4 Å². The molecule has 0 saturated heterocycles. The van der Waals surface area contributed by atoms with Crippen LogP contribution in [-0.2, 0) is 6.42 Å². The summed E-state index contributed by atoms with van der Waals surface area (Å²) in [6.07, 6.45) is 1.36. The Morgan fingerprint density at radius 1 is 1.10 bits per heavy atom. The molecule has 0 spiro atoms. The van der Waals surface area contributed by atoms with Gasteiger partial charge < -0.3 is 10.4 Å². The Morgan fingerprint density at radius 3 is 2.43 bits per heavy atom. The fraction of sp³-hybridized carbons (Fsp3) is 0.250. The molecule has 0 aliphatic rings. The zero-order chi connectivity index (χ0) is 15.4. The Morgan fingerprint density at radius 2 is 1.76 bits per heavy atom. The van der Waals surface area contributed by atoms with Gasteiger partial charge in [-0.15, -0.1) is 0 Å². The van der Waals surface area contributed by atoms with E-state index in [9.17, 15) is 18.3 Å². The minimum Gasteiger partial charge on any atom is -0.508 e. The van der Waals surface area contributed by atoms with Crippen molar-refractivity contribution in [2.24, 2.45) is 0 Å². The monoisotopic (exact) mass is 295 g/mol. The van der Waals surface area contributed by atoms with Crippen molar-refractivity contribution in [3.8, 4) is 5.75 Å². The summed E-state index contributed by atoms with van der Waals surface area (Å²) in [4.78, 5) is 0. The summed E-state index contributed by atoms with van der Waals surface area (Å²) in [5, 5.41) is 12.0. The molecule has 0 aliphatic heterocycles. The zero-order valence-electron chi connectivity index (χ0n) is 11.5. The van der Waals surface area contributed by atoms with Crippen LogP contribution in [0.4, 0.5) is 18.9 Å². The number of hydrogen-bond acceptors (Lipinski definition) is 2. The predicted octanol–water partition coefficient (Wildman–Crippen LogP) is 4.24. The van der Waals surface area contributed by atoms with Gasteiger partial charge in [0.15, 0.2) is 11.6 Å². The average molecular weight is 295 g/mol. The second-order valence-electron chi connectivity index (χ2n) is 5.00. The molecule has 0 heterocycles. The highest BCUT2D eigenvalue weighted by Crippen LogP contribution is 2.21. The molecule has 0 aromatic heterocycles. The Hall–Kier alpha value is -2.17. The van der Waals surface area contributed by atoms with E-state index in [2.05, 4.69) is 5.32 Å². The maximum Gasteiger partial charge on any atom is 0.182 e. The molecule has 0 radical (unpaired) electrons. The third-order valence-electron chi connectivity index (χ3n) is 3.20. The summed E-state index contributed by atoms with van der Waals surface area (Å²) in [5.41, 5.74) is 0.845. The molecule has 0 bridgehead atoms. The van der Waals surface area contributed by atoms with E-state index >= 15 is 0 Å². The maximum atomic E-state index is 13.5. The van der Waals surface area contributed by atoms with E-state index in [1.807, 2.05) is 6.92 Å². The fourth-order valence-electron chi connectivity index (χ4n) is 2.04. The molecule has 112 valence electrons. The number of aryl methyl sites for hydroxylation is 1. The number of phenols is 1. The largest absolute Gasteiger partial charge is 0.508 e. The summed E-state index contributed by atoms with van der Waals surface area (Å²) in [7, 11) is 0. The molecule has 2 aromatic rings. The second kappa shape index (κ2) is 6.52. The van der Waals surface area contributed by atoms with Gasteiger partial charge in [0.1, 0.15) is 11.6 Å². The van der Waals surface area contributed by atoms with Gasteiger partial charge >= 0.3 is 0 Å². The van der Waals surface area contributed by atoms with Crippen molar-refractivity contribution < 1.29 is 18.3 Å². The molecule has 0 fully saturated rings. The first-order chi connectivity index (χ1) is 9.95. The van der Waals surface area contributed by atoms with Gasteiger partial charge in [-0.05, 0) is 37.5 Å². The van der Waals surface area contributed by atoms with E-state index in [1.54, 1.807) is 24.3 Å². The molecular formula is C16H16F3NO. The molecule has 2 rings (SSSR count). The normalized spacial score (nSPS) is 12.2. The molecule has 2 nitrogen and oxygen atoms in total. The standard InChI is InChI=1S/C16H16F3NO/c1-10(2-3-11-4-6-13(21)7-5-11)20-15-9-12(17)8-14(18)16(15)19/h4-10,20-21H,2-3H2,1H3. The van der Waals surface area contributed by atoms with Crippen molar-refractivity contribution in [3.63, 3.8) is 0 Å². The van der Waals surface area contributed by atoms with Gasteiger partial charge in [0.2, 0.25) is 0 Å². The van der Waals surface area contributed by atoms with E-state index in [0.717, 1.165) is 11.6 Å². The van der Waals surface area contributed by atoms with Crippen molar-refractivity contribution in [2.75, 3.05) is 5.32 Å². The molecule has 2 N–H and O–H groups in total. The summed E-state index contributed by atoms with van der Waals surface area (Å²) in [6, 6.07) is 8.07. The highest BCUT2D eigenvalue weighted by atomic mass is 19.2. The number of anilines is 1. The van der Waals surface area contributed by atoms with Crippen LogP contribution in [0.5, 0.6) is 5.75 Å². The number of benzene rings is 2. The van der Waals surface area contributed by atoms with Gasteiger partial charge in [0.05, 0.1) is 5.69 Å². The summed E-state index contributed by atoms with van der Waals surface area (Å²) >= 11 is 0. The minimum absolute atomic E-state index is 0.158. The van der Waals surface area contributed by atoms with Crippen molar-refractivity contribution in [1.82, 2.24) is 0 Å². The van der Waals surface area contributed by atoms with Crippen LogP contribution in [0.15, 0.2) is 36.4 Å². The topological polar surface area (TPSA) is 32.3 Å². The Balaban J connectivity index is 1.95. The van der Waals surface area contributed by atoms with Crippen LogP contribution >= 0.6 is 0 Å². The lowest BCUT2D eigenvalue weighted by atomic mass is 10.1. The van der Waals surface area contributed by atoms with E-state index in [1.165, 1.54) is 0 Å². The Kier molecular flexibility index (Phi) is 4.73. The second-order valence-corrected chi connectivity index (χ2v) is 5.00. The number of rotatable bonds is 5. The fourth-order valence-corrected chi connectivity index (χ4v) is 2.04. The maximum absolute atomic E-state index is 13.5. The van der Waals surface area contributed by atoms with Crippen molar-refractivity contribution >= 4 is 5.69 Å². The van der Waals surface area contributed by atoms with Crippen LogP contribution < -0.4 is 5.32 Å². The lowest BCUT2D eigenvalue weighted by molar-refractivity contribution is 0.475. The molecule has 0 aliphatic carbocycles. The number of nitrogens with one attached hydrogen (secondary N) is 1. The Bertz CT molecular complexity index is 614. The summed E-state index contributed by atoms with van der Waals surface area (Å²) < 4.78 is 39.7. The first-order valence-electron chi connectivity index (χ1n) is 6.64. The smallest absolute Gasteiger partial charge is 0.182 e. The van der Waals surface area contributed by atoms with Crippen LogP contribution in [0, 0.1) is 17.5 Å². The van der Waals surface area contributed by atoms with Crippen molar-refractivity contribution in [2.45, 2.75) is 25.8 Å². The van der Waals surface area contributed by atoms with Gasteiger partial charge in [0, 0.05) is 18.2 Å². The van der Waals surface area contributed by atoms with E-state index in [0.29, 0.717) is 18.9 Å². The first kappa shape index (κ1) is 15.2. The quantitative estimate of drug-likeness (QED) is 0.809. The lowest BCUT2D eigenvalue weighted by Gasteiger charge is -2.16.